The molecule has 5 N–H and O–H groups in total. The molecule has 3 aromatic carbocycles. The normalized spacial score (nSPS) is 14.0. The lowest BCUT2D eigenvalue weighted by atomic mass is 9.99. The van der Waals surface area contributed by atoms with Gasteiger partial charge in [-0.05, 0) is 80.3 Å². The number of benzene rings is 3. The van der Waals surface area contributed by atoms with E-state index in [1.165, 1.54) is 12.1 Å². The molecule has 0 bridgehead atoms. The Morgan fingerprint density at radius 3 is 2.49 bits per heavy atom. The maximum absolute atomic E-state index is 12.8. The summed E-state index contributed by atoms with van der Waals surface area (Å²) in [7, 11) is -3.77. The van der Waals surface area contributed by atoms with E-state index in [0.29, 0.717) is 30.0 Å². The van der Waals surface area contributed by atoms with Gasteiger partial charge in [0, 0.05) is 47.1 Å². The van der Waals surface area contributed by atoms with Crippen molar-refractivity contribution in [3.63, 3.8) is 0 Å². The number of rotatable bonds is 16. The number of amides is 1. The molecule has 0 radical (unpaired) electrons. The zero-order chi connectivity index (χ0) is 32.6. The van der Waals surface area contributed by atoms with E-state index in [1.807, 2.05) is 44.3 Å². The molecule has 0 spiro atoms. The number of carbonyl (C=O) groups is 2. The van der Waals surface area contributed by atoms with Crippen LogP contribution in [-0.4, -0.2) is 43.5 Å². The number of aryl methyl sites for hydroxylation is 1. The Hall–Kier alpha value is -4.19. The monoisotopic (exact) mass is 633 g/mol. The first-order chi connectivity index (χ1) is 21.4. The summed E-state index contributed by atoms with van der Waals surface area (Å²) in [5, 5.41) is 7.45. The highest BCUT2D eigenvalue weighted by Gasteiger charge is 2.23. The fourth-order valence-electron chi connectivity index (χ4n) is 5.00. The first kappa shape index (κ1) is 33.7. The van der Waals surface area contributed by atoms with Crippen molar-refractivity contribution in [2.24, 2.45) is 11.7 Å². The quantitative estimate of drug-likeness (QED) is 0.121. The number of sulfonamides is 1. The van der Waals surface area contributed by atoms with Crippen LogP contribution in [0.4, 0.5) is 11.4 Å². The number of hydrogen-bond donors (Lipinski definition) is 4. The second kappa shape index (κ2) is 14.7. The first-order valence-corrected chi connectivity index (χ1v) is 16.6. The Balaban J connectivity index is 1.37. The molecule has 4 aromatic rings. The van der Waals surface area contributed by atoms with Gasteiger partial charge in [-0.15, -0.1) is 0 Å². The van der Waals surface area contributed by atoms with Crippen LogP contribution in [0.1, 0.15) is 52.2 Å². The second-order valence-electron chi connectivity index (χ2n) is 12.0. The number of fused-ring (bicyclic) bond motifs is 1. The van der Waals surface area contributed by atoms with E-state index in [-0.39, 0.29) is 22.3 Å². The van der Waals surface area contributed by atoms with Gasteiger partial charge < -0.3 is 25.7 Å². The van der Waals surface area contributed by atoms with E-state index in [9.17, 15) is 18.0 Å². The summed E-state index contributed by atoms with van der Waals surface area (Å²) in [6.45, 7) is 9.60. The van der Waals surface area contributed by atoms with Crippen LogP contribution in [0.5, 0.6) is 0 Å². The van der Waals surface area contributed by atoms with Gasteiger partial charge in [0.05, 0.1) is 10.9 Å². The summed E-state index contributed by atoms with van der Waals surface area (Å²) in [4.78, 5) is 24.1. The van der Waals surface area contributed by atoms with Gasteiger partial charge in [-0.1, -0.05) is 50.6 Å². The van der Waals surface area contributed by atoms with Crippen LogP contribution in [-0.2, 0) is 30.9 Å². The Morgan fingerprint density at radius 2 is 1.78 bits per heavy atom. The minimum absolute atomic E-state index is 0.0953. The standard InChI is InChI=1S/C34H43N5O5S/c1-5-24(2)32(35)33(41)37-27-14-15-30-25(20-27)16-18-39(30)19-17-34(3,4)36-22-31(44-23-40)26-10-9-11-28(21-26)38-45(42,43)29-12-7-6-8-13-29/h6-16,18,20-21,23-24,31-32,36,38H,5,17,19,22,35H2,1-4H3,(H,37,41)/t24-,31-,32-/m0/s1. The molecule has 0 aliphatic heterocycles. The molecule has 3 atom stereocenters. The predicted molar refractivity (Wildman–Crippen MR) is 178 cm³/mol. The van der Waals surface area contributed by atoms with Crippen molar-refractivity contribution >= 4 is 44.7 Å². The molecule has 10 nitrogen and oxygen atoms in total. The maximum Gasteiger partial charge on any atom is 0.293 e. The Kier molecular flexibility index (Phi) is 11.0. The number of nitrogens with zero attached hydrogens (tertiary/aromatic N) is 1. The average Bonchev–Trinajstić information content (AvgIpc) is 3.44. The van der Waals surface area contributed by atoms with Gasteiger partial charge in [0.1, 0.15) is 6.10 Å². The van der Waals surface area contributed by atoms with Crippen molar-refractivity contribution in [3.8, 4) is 0 Å². The summed E-state index contributed by atoms with van der Waals surface area (Å²) >= 11 is 0. The third-order valence-corrected chi connectivity index (χ3v) is 9.52. The highest BCUT2D eigenvalue weighted by atomic mass is 32.2. The minimum Gasteiger partial charge on any atom is -0.458 e. The molecule has 0 aliphatic carbocycles. The first-order valence-electron chi connectivity index (χ1n) is 15.1. The molecular weight excluding hydrogens is 590 g/mol. The molecule has 0 saturated carbocycles. The summed E-state index contributed by atoms with van der Waals surface area (Å²) in [6.07, 6.45) is 3.00. The molecule has 0 aliphatic rings. The zero-order valence-electron chi connectivity index (χ0n) is 26.2. The maximum atomic E-state index is 12.8. The smallest absolute Gasteiger partial charge is 0.293 e. The van der Waals surface area contributed by atoms with Crippen molar-refractivity contribution in [3.05, 3.63) is 90.6 Å². The van der Waals surface area contributed by atoms with Gasteiger partial charge in [0.25, 0.3) is 16.5 Å². The van der Waals surface area contributed by atoms with Crippen molar-refractivity contribution in [1.82, 2.24) is 9.88 Å². The number of hydrogen-bond acceptors (Lipinski definition) is 7. The number of nitrogens with one attached hydrogen (secondary N) is 3. The van der Waals surface area contributed by atoms with Crippen LogP contribution in [0.3, 0.4) is 0 Å². The molecule has 1 heterocycles. The molecule has 1 aromatic heterocycles. The highest BCUT2D eigenvalue weighted by molar-refractivity contribution is 7.92. The molecule has 1 amide bonds. The largest absolute Gasteiger partial charge is 0.458 e. The van der Waals surface area contributed by atoms with Gasteiger partial charge in [0.2, 0.25) is 5.91 Å². The van der Waals surface area contributed by atoms with E-state index >= 15 is 0 Å². The van der Waals surface area contributed by atoms with Crippen LogP contribution < -0.4 is 21.1 Å². The van der Waals surface area contributed by atoms with E-state index < -0.39 is 22.2 Å². The van der Waals surface area contributed by atoms with Crippen LogP contribution in [0.15, 0.2) is 90.0 Å². The topological polar surface area (TPSA) is 145 Å². The lowest BCUT2D eigenvalue weighted by Crippen LogP contribution is -2.42. The van der Waals surface area contributed by atoms with Gasteiger partial charge in [0.15, 0.2) is 0 Å². The van der Waals surface area contributed by atoms with Crippen molar-refractivity contribution < 1.29 is 22.7 Å². The van der Waals surface area contributed by atoms with Crippen molar-refractivity contribution in [2.45, 2.75) is 69.7 Å². The Bertz CT molecular complexity index is 1700. The van der Waals surface area contributed by atoms with E-state index in [1.54, 1.807) is 42.5 Å². The SMILES string of the molecule is CC[C@H](C)[C@H](N)C(=O)Nc1ccc2c(ccn2CCC(C)(C)NC[C@H](OC=O)c2cccc(NS(=O)(=O)c3ccccc3)c2)c1. The number of aromatic nitrogens is 1. The van der Waals surface area contributed by atoms with Gasteiger partial charge >= 0.3 is 0 Å². The zero-order valence-corrected chi connectivity index (χ0v) is 27.0. The molecule has 0 saturated heterocycles. The fraction of sp³-hybridized carbons (Fsp3) is 0.353. The van der Waals surface area contributed by atoms with Crippen molar-refractivity contribution in [2.75, 3.05) is 16.6 Å². The van der Waals surface area contributed by atoms with Crippen LogP contribution in [0.2, 0.25) is 0 Å². The number of carbonyl (C=O) groups excluding carboxylic acids is 2. The summed E-state index contributed by atoms with van der Waals surface area (Å²) < 4.78 is 35.8. The highest BCUT2D eigenvalue weighted by Crippen LogP contribution is 2.25. The third kappa shape index (κ3) is 8.93. The molecule has 11 heteroatoms. The second-order valence-corrected chi connectivity index (χ2v) is 13.6. The molecule has 0 unspecified atom stereocenters. The minimum atomic E-state index is -3.77. The summed E-state index contributed by atoms with van der Waals surface area (Å²) in [5.41, 5.74) is 8.55. The predicted octanol–water partition coefficient (Wildman–Crippen LogP) is 5.43. The van der Waals surface area contributed by atoms with E-state index in [0.717, 1.165) is 30.3 Å². The summed E-state index contributed by atoms with van der Waals surface area (Å²) in [6, 6.07) is 22.3. The molecule has 45 heavy (non-hydrogen) atoms. The molecule has 4 rings (SSSR count). The third-order valence-electron chi connectivity index (χ3n) is 8.13. The average molecular weight is 634 g/mol. The van der Waals surface area contributed by atoms with E-state index in [4.69, 9.17) is 10.5 Å². The van der Waals surface area contributed by atoms with Gasteiger partial charge in [-0.3, -0.25) is 14.3 Å². The van der Waals surface area contributed by atoms with Crippen LogP contribution in [0, 0.1) is 5.92 Å². The van der Waals surface area contributed by atoms with Gasteiger partial charge in [-0.25, -0.2) is 8.42 Å². The summed E-state index contributed by atoms with van der Waals surface area (Å²) in [5.74, 6) is -0.0917. The lowest BCUT2D eigenvalue weighted by molar-refractivity contribution is -0.134. The van der Waals surface area contributed by atoms with Crippen LogP contribution >= 0.6 is 0 Å². The van der Waals surface area contributed by atoms with Crippen molar-refractivity contribution in [1.29, 1.82) is 0 Å². The number of anilines is 2. The lowest BCUT2D eigenvalue weighted by Gasteiger charge is -2.29. The van der Waals surface area contributed by atoms with Gasteiger partial charge in [-0.2, -0.15) is 0 Å². The molecular formula is C34H43N5O5S. The fourth-order valence-corrected chi connectivity index (χ4v) is 6.07. The number of nitrogens with two attached hydrogens (primary N) is 1. The Labute approximate surface area is 265 Å². The Morgan fingerprint density at radius 1 is 1.02 bits per heavy atom. The molecule has 0 fully saturated rings. The molecule has 240 valence electrons. The number of ether oxygens (including phenoxy) is 1. The van der Waals surface area contributed by atoms with E-state index in [2.05, 4.69) is 33.8 Å². The van der Waals surface area contributed by atoms with Crippen LogP contribution in [0.25, 0.3) is 10.9 Å².